The van der Waals surface area contributed by atoms with Crippen LogP contribution in [0.2, 0.25) is 0 Å². The van der Waals surface area contributed by atoms with E-state index in [0.717, 1.165) is 11.8 Å². The first-order valence-corrected chi connectivity index (χ1v) is 12.1. The van der Waals surface area contributed by atoms with E-state index in [1.54, 1.807) is 12.1 Å². The summed E-state index contributed by atoms with van der Waals surface area (Å²) in [7, 11) is -4.06. The fourth-order valence-corrected chi connectivity index (χ4v) is 5.31. The molecule has 0 radical (unpaired) electrons. The van der Waals surface area contributed by atoms with Crippen LogP contribution in [-0.2, 0) is 19.6 Å². The molecule has 1 aliphatic heterocycles. The molecule has 2 amide bonds. The molecule has 1 atom stereocenters. The van der Waals surface area contributed by atoms with Gasteiger partial charge in [0.25, 0.3) is 10.0 Å². The third kappa shape index (κ3) is 5.81. The summed E-state index contributed by atoms with van der Waals surface area (Å²) in [6.45, 7) is 3.64. The van der Waals surface area contributed by atoms with Crippen molar-refractivity contribution in [2.75, 3.05) is 11.9 Å². The minimum Gasteiger partial charge on any atom is -0.326 e. The predicted octanol–water partition coefficient (Wildman–Crippen LogP) is 3.79. The monoisotopic (exact) mass is 525 g/mol. The molecule has 2 aromatic carbocycles. The van der Waals surface area contributed by atoms with E-state index in [4.69, 9.17) is 0 Å². The first kappa shape index (κ1) is 23.2. The average molecular weight is 526 g/mol. The van der Waals surface area contributed by atoms with Crippen LogP contribution in [0.4, 0.5) is 10.1 Å². The van der Waals surface area contributed by atoms with Crippen molar-refractivity contribution in [2.45, 2.75) is 16.6 Å². The second-order valence-corrected chi connectivity index (χ2v) is 10.1. The number of hydrogen-bond acceptors (Lipinski definition) is 5. The highest BCUT2D eigenvalue weighted by atomic mass is 79.9. The summed E-state index contributed by atoms with van der Waals surface area (Å²) in [5, 5.41) is 1.72. The van der Waals surface area contributed by atoms with Gasteiger partial charge in [-0.15, -0.1) is 11.0 Å². The maximum absolute atomic E-state index is 13.0. The van der Waals surface area contributed by atoms with Crippen LogP contribution in [0.25, 0.3) is 0 Å². The Kier molecular flexibility index (Phi) is 7.29. The molecule has 1 fully saturated rings. The van der Waals surface area contributed by atoms with E-state index in [2.05, 4.69) is 32.2 Å². The molecule has 1 N–H and O–H groups in total. The van der Waals surface area contributed by atoms with Gasteiger partial charge >= 0.3 is 0 Å². The van der Waals surface area contributed by atoms with Gasteiger partial charge in [-0.1, -0.05) is 33.8 Å². The zero-order valence-electron chi connectivity index (χ0n) is 16.0. The van der Waals surface area contributed by atoms with Crippen molar-refractivity contribution in [3.05, 3.63) is 71.5 Å². The number of rotatable bonds is 7. The van der Waals surface area contributed by atoms with E-state index in [1.165, 1.54) is 47.4 Å². The normalized spacial score (nSPS) is 17.7. The first-order valence-electron chi connectivity index (χ1n) is 8.94. The van der Waals surface area contributed by atoms with Crippen LogP contribution < -0.4 is 5.32 Å². The number of nitrogens with one attached hydrogen (secondary N) is 1. The van der Waals surface area contributed by atoms with Gasteiger partial charge in [0, 0.05) is 23.1 Å². The lowest BCUT2D eigenvalue weighted by molar-refractivity contribution is -0.127. The van der Waals surface area contributed by atoms with Crippen LogP contribution in [0.15, 0.2) is 75.0 Å². The molecule has 162 valence electrons. The Balaban J connectivity index is 1.78. The molecule has 31 heavy (non-hydrogen) atoms. The second kappa shape index (κ2) is 9.75. The number of hydrogen-bond donors (Lipinski definition) is 1. The second-order valence-electron chi connectivity index (χ2n) is 6.41. The number of carbonyl (C=O) groups excluding carboxylic acids is 2. The van der Waals surface area contributed by atoms with Gasteiger partial charge in [0.15, 0.2) is 5.17 Å². The SMILES string of the molecule is C=CCN1C(=O)[C@H](CC(=O)Nc2ccc(F)cc2)SC1=NS(=O)(=O)c1ccc(Br)cc1. The van der Waals surface area contributed by atoms with Gasteiger partial charge in [0.1, 0.15) is 11.1 Å². The zero-order valence-corrected chi connectivity index (χ0v) is 19.2. The number of thioether (sulfide) groups is 1. The van der Waals surface area contributed by atoms with E-state index in [-0.39, 0.29) is 23.0 Å². The Labute approximate surface area is 191 Å². The number of benzene rings is 2. The van der Waals surface area contributed by atoms with Crippen molar-refractivity contribution in [2.24, 2.45) is 4.40 Å². The molecule has 7 nitrogen and oxygen atoms in total. The summed E-state index contributed by atoms with van der Waals surface area (Å²) in [6, 6.07) is 11.2. The summed E-state index contributed by atoms with van der Waals surface area (Å²) in [5.41, 5.74) is 0.386. The lowest BCUT2D eigenvalue weighted by atomic mass is 10.2. The summed E-state index contributed by atoms with van der Waals surface area (Å²) in [4.78, 5) is 26.3. The molecule has 0 aromatic heterocycles. The van der Waals surface area contributed by atoms with Gasteiger partial charge in [0.05, 0.1) is 4.90 Å². The number of carbonyl (C=O) groups is 2. The zero-order chi connectivity index (χ0) is 22.6. The van der Waals surface area contributed by atoms with E-state index >= 15 is 0 Å². The van der Waals surface area contributed by atoms with Crippen molar-refractivity contribution < 1.29 is 22.4 Å². The van der Waals surface area contributed by atoms with Crippen molar-refractivity contribution in [1.29, 1.82) is 0 Å². The number of amidine groups is 1. The van der Waals surface area contributed by atoms with E-state index in [0.29, 0.717) is 10.2 Å². The van der Waals surface area contributed by atoms with Gasteiger partial charge in [-0.25, -0.2) is 4.39 Å². The molecular weight excluding hydrogens is 509 g/mol. The summed E-state index contributed by atoms with van der Waals surface area (Å²) in [6.07, 6.45) is 1.24. The Morgan fingerprint density at radius 2 is 1.87 bits per heavy atom. The highest BCUT2D eigenvalue weighted by Gasteiger charge is 2.39. The van der Waals surface area contributed by atoms with E-state index in [9.17, 15) is 22.4 Å². The summed E-state index contributed by atoms with van der Waals surface area (Å²) < 4.78 is 42.9. The summed E-state index contributed by atoms with van der Waals surface area (Å²) >= 11 is 4.14. The lowest BCUT2D eigenvalue weighted by Crippen LogP contribution is -2.33. The molecular formula is C20H17BrFN3O4S2. The molecule has 11 heteroatoms. The fourth-order valence-electron chi connectivity index (χ4n) is 2.68. The minimum atomic E-state index is -4.06. The number of nitrogens with zero attached hydrogens (tertiary/aromatic N) is 2. The molecule has 0 unspecified atom stereocenters. The van der Waals surface area contributed by atoms with Gasteiger partial charge in [-0.2, -0.15) is 8.42 Å². The largest absolute Gasteiger partial charge is 0.326 e. The Hall–Kier alpha value is -2.50. The molecule has 1 heterocycles. The van der Waals surface area contributed by atoms with Gasteiger partial charge in [0.2, 0.25) is 11.8 Å². The fraction of sp³-hybridized carbons (Fsp3) is 0.150. The Morgan fingerprint density at radius 3 is 2.48 bits per heavy atom. The van der Waals surface area contributed by atoms with Crippen molar-refractivity contribution in [1.82, 2.24) is 4.90 Å². The van der Waals surface area contributed by atoms with Gasteiger partial charge in [-0.05, 0) is 48.5 Å². The highest BCUT2D eigenvalue weighted by molar-refractivity contribution is 9.10. The minimum absolute atomic E-state index is 0.0209. The molecule has 0 spiro atoms. The van der Waals surface area contributed by atoms with Gasteiger partial charge in [-0.3, -0.25) is 14.5 Å². The van der Waals surface area contributed by atoms with E-state index < -0.39 is 32.9 Å². The van der Waals surface area contributed by atoms with Crippen LogP contribution in [0.1, 0.15) is 6.42 Å². The number of sulfonamides is 1. The third-order valence-electron chi connectivity index (χ3n) is 4.14. The topological polar surface area (TPSA) is 95.9 Å². The summed E-state index contributed by atoms with van der Waals surface area (Å²) in [5.74, 6) is -1.34. The van der Waals surface area contributed by atoms with Crippen LogP contribution in [0.3, 0.4) is 0 Å². The quantitative estimate of drug-likeness (QED) is 0.554. The number of halogens is 2. The molecule has 2 aromatic rings. The Morgan fingerprint density at radius 1 is 1.23 bits per heavy atom. The van der Waals surface area contributed by atoms with Crippen LogP contribution >= 0.6 is 27.7 Å². The molecule has 0 aliphatic carbocycles. The maximum atomic E-state index is 13.0. The molecule has 3 rings (SSSR count). The predicted molar refractivity (Wildman–Crippen MR) is 122 cm³/mol. The van der Waals surface area contributed by atoms with Crippen LogP contribution in [-0.4, -0.2) is 42.1 Å². The van der Waals surface area contributed by atoms with Crippen molar-refractivity contribution >= 4 is 60.4 Å². The highest BCUT2D eigenvalue weighted by Crippen LogP contribution is 2.31. The van der Waals surface area contributed by atoms with E-state index in [1.807, 2.05) is 0 Å². The number of anilines is 1. The lowest BCUT2D eigenvalue weighted by Gasteiger charge is -2.13. The molecule has 1 aliphatic rings. The van der Waals surface area contributed by atoms with Crippen LogP contribution in [0.5, 0.6) is 0 Å². The molecule has 0 saturated carbocycles. The number of amides is 2. The maximum Gasteiger partial charge on any atom is 0.284 e. The average Bonchev–Trinajstić information content (AvgIpc) is 2.98. The molecule has 1 saturated heterocycles. The van der Waals surface area contributed by atoms with Crippen molar-refractivity contribution in [3.8, 4) is 0 Å². The first-order chi connectivity index (χ1) is 14.7. The Bertz CT molecular complexity index is 1140. The van der Waals surface area contributed by atoms with Gasteiger partial charge < -0.3 is 5.32 Å². The van der Waals surface area contributed by atoms with Crippen LogP contribution in [0, 0.1) is 5.82 Å². The molecule has 0 bridgehead atoms. The smallest absolute Gasteiger partial charge is 0.284 e. The third-order valence-corrected chi connectivity index (χ3v) is 7.24. The van der Waals surface area contributed by atoms with Crippen molar-refractivity contribution in [3.63, 3.8) is 0 Å². The standard InChI is InChI=1S/C20H17BrFN3O4S2/c1-2-11-25-19(27)17(12-18(26)23-15-7-5-14(22)6-8-15)30-20(25)24-31(28,29)16-9-3-13(21)4-10-16/h2-10,17H,1,11-12H2,(H,23,26)/t17-/m0/s1.